The minimum absolute atomic E-state index is 0.662. The number of ether oxygens (including phenoxy) is 1. The van der Waals surface area contributed by atoms with Crippen LogP contribution in [0.3, 0.4) is 0 Å². The van der Waals surface area contributed by atoms with E-state index in [9.17, 15) is 0 Å². The zero-order chi connectivity index (χ0) is 17.1. The molecule has 0 amide bonds. The topological polar surface area (TPSA) is 52.2 Å². The van der Waals surface area contributed by atoms with E-state index in [-0.39, 0.29) is 0 Å². The minimum atomic E-state index is 0.662. The van der Waals surface area contributed by atoms with Crippen LogP contribution >= 0.6 is 0 Å². The summed E-state index contributed by atoms with van der Waals surface area (Å²) in [6.07, 6.45) is 3.65. The molecule has 2 aromatic carbocycles. The van der Waals surface area contributed by atoms with Gasteiger partial charge in [0.2, 0.25) is 5.88 Å². The molecule has 0 unspecified atom stereocenters. The van der Waals surface area contributed by atoms with Gasteiger partial charge in [0, 0.05) is 29.6 Å². The average Bonchev–Trinajstić information content (AvgIpc) is 3.27. The second-order valence-electron chi connectivity index (χ2n) is 5.79. The maximum absolute atomic E-state index is 5.58. The molecule has 0 aliphatic rings. The maximum atomic E-state index is 5.58. The van der Waals surface area contributed by atoms with E-state index in [4.69, 9.17) is 9.15 Å². The molecule has 0 aliphatic carbocycles. The van der Waals surface area contributed by atoms with E-state index in [0.717, 1.165) is 40.2 Å². The Bertz CT molecular complexity index is 973. The number of furan rings is 1. The van der Waals surface area contributed by atoms with Crippen molar-refractivity contribution in [2.24, 2.45) is 0 Å². The van der Waals surface area contributed by atoms with E-state index in [1.165, 1.54) is 0 Å². The zero-order valence-electron chi connectivity index (χ0n) is 14.0. The number of hydrogen-bond donors (Lipinski definition) is 1. The Morgan fingerprint density at radius 1 is 1.00 bits per heavy atom. The molecule has 0 fully saturated rings. The highest BCUT2D eigenvalue weighted by molar-refractivity contribution is 5.80. The third kappa shape index (κ3) is 3.02. The summed E-state index contributed by atoms with van der Waals surface area (Å²) in [4.78, 5) is 0. The lowest BCUT2D eigenvalue weighted by Gasteiger charge is -2.08. The predicted molar refractivity (Wildman–Crippen MR) is 96.9 cm³/mol. The van der Waals surface area contributed by atoms with E-state index in [1.807, 2.05) is 65.7 Å². The number of benzene rings is 2. The Kier molecular flexibility index (Phi) is 4.23. The van der Waals surface area contributed by atoms with Gasteiger partial charge in [-0.1, -0.05) is 36.4 Å². The zero-order valence-corrected chi connectivity index (χ0v) is 14.0. The molecule has 2 aromatic heterocycles. The normalized spacial score (nSPS) is 11.1. The Balaban J connectivity index is 1.49. The molecule has 4 aromatic rings. The van der Waals surface area contributed by atoms with Gasteiger partial charge in [-0.15, -0.1) is 0 Å². The van der Waals surface area contributed by atoms with E-state index in [0.29, 0.717) is 6.54 Å². The summed E-state index contributed by atoms with van der Waals surface area (Å²) >= 11 is 0. The molecular formula is C20H19N3O2. The van der Waals surface area contributed by atoms with Crippen LogP contribution in [-0.2, 0) is 13.1 Å². The predicted octanol–water partition coefficient (Wildman–Crippen LogP) is 3.92. The van der Waals surface area contributed by atoms with Crippen LogP contribution in [-0.4, -0.2) is 16.9 Å². The van der Waals surface area contributed by atoms with Gasteiger partial charge in [0.25, 0.3) is 0 Å². The molecule has 25 heavy (non-hydrogen) atoms. The number of para-hydroxylation sites is 2. The van der Waals surface area contributed by atoms with Gasteiger partial charge in [-0.2, -0.15) is 5.10 Å². The fraction of sp³-hybridized carbons (Fsp3) is 0.150. The van der Waals surface area contributed by atoms with Gasteiger partial charge >= 0.3 is 0 Å². The molecule has 0 spiro atoms. The number of nitrogens with zero attached hydrogens (tertiary/aromatic N) is 2. The molecule has 126 valence electrons. The minimum Gasteiger partial charge on any atom is -0.481 e. The molecule has 0 saturated carbocycles. The molecule has 0 bridgehead atoms. The lowest BCUT2D eigenvalue weighted by atomic mass is 10.2. The maximum Gasteiger partial charge on any atom is 0.220 e. The highest BCUT2D eigenvalue weighted by Crippen LogP contribution is 2.23. The number of rotatable bonds is 6. The fourth-order valence-electron chi connectivity index (χ4n) is 2.96. The van der Waals surface area contributed by atoms with Crippen molar-refractivity contribution in [2.45, 2.75) is 13.1 Å². The van der Waals surface area contributed by atoms with Crippen LogP contribution < -0.4 is 10.1 Å². The van der Waals surface area contributed by atoms with Crippen LogP contribution in [0.4, 0.5) is 0 Å². The quantitative estimate of drug-likeness (QED) is 0.581. The van der Waals surface area contributed by atoms with E-state index < -0.39 is 0 Å². The van der Waals surface area contributed by atoms with E-state index in [2.05, 4.69) is 16.5 Å². The number of nitrogens with one attached hydrogen (secondary N) is 1. The van der Waals surface area contributed by atoms with Crippen LogP contribution in [0.25, 0.3) is 16.7 Å². The van der Waals surface area contributed by atoms with Crippen molar-refractivity contribution in [3.63, 3.8) is 0 Å². The van der Waals surface area contributed by atoms with Crippen molar-refractivity contribution < 1.29 is 9.15 Å². The Labute approximate surface area is 145 Å². The van der Waals surface area contributed by atoms with Crippen molar-refractivity contribution in [3.05, 3.63) is 78.2 Å². The lowest BCUT2D eigenvalue weighted by Crippen LogP contribution is -2.13. The van der Waals surface area contributed by atoms with Gasteiger partial charge < -0.3 is 14.5 Å². The fourth-order valence-corrected chi connectivity index (χ4v) is 2.96. The average molecular weight is 333 g/mol. The van der Waals surface area contributed by atoms with Crippen LogP contribution in [0, 0.1) is 0 Å². The highest BCUT2D eigenvalue weighted by atomic mass is 16.5. The number of fused-ring (bicyclic) bond motifs is 1. The molecule has 5 nitrogen and oxygen atoms in total. The van der Waals surface area contributed by atoms with Gasteiger partial charge in [-0.25, -0.2) is 4.68 Å². The van der Waals surface area contributed by atoms with Gasteiger partial charge in [0.15, 0.2) is 0 Å². The first-order valence-electron chi connectivity index (χ1n) is 8.19. The molecule has 4 rings (SSSR count). The van der Waals surface area contributed by atoms with Crippen LogP contribution in [0.5, 0.6) is 5.88 Å². The summed E-state index contributed by atoms with van der Waals surface area (Å²) in [5.41, 5.74) is 4.05. The summed E-state index contributed by atoms with van der Waals surface area (Å²) in [7, 11) is 1.67. The molecule has 0 radical (unpaired) electrons. The Hall–Kier alpha value is -3.05. The van der Waals surface area contributed by atoms with Crippen LogP contribution in [0.1, 0.15) is 11.1 Å². The first-order valence-corrected chi connectivity index (χ1v) is 8.19. The third-order valence-corrected chi connectivity index (χ3v) is 4.18. The molecule has 1 N–H and O–H groups in total. The molecule has 0 aliphatic heterocycles. The van der Waals surface area contributed by atoms with E-state index >= 15 is 0 Å². The SMILES string of the molecule is COc1c(CNCc2coc3ccccc23)cnn1-c1ccccc1. The van der Waals surface area contributed by atoms with Crippen molar-refractivity contribution in [3.8, 4) is 11.6 Å². The van der Waals surface area contributed by atoms with Crippen LogP contribution in [0.15, 0.2) is 71.5 Å². The van der Waals surface area contributed by atoms with Gasteiger partial charge in [-0.05, 0) is 18.2 Å². The van der Waals surface area contributed by atoms with Crippen molar-refractivity contribution in [1.82, 2.24) is 15.1 Å². The summed E-state index contributed by atoms with van der Waals surface area (Å²) in [6, 6.07) is 18.0. The Morgan fingerprint density at radius 2 is 1.76 bits per heavy atom. The largest absolute Gasteiger partial charge is 0.481 e. The number of hydrogen-bond acceptors (Lipinski definition) is 4. The molecule has 0 saturated heterocycles. The molecule has 0 atom stereocenters. The van der Waals surface area contributed by atoms with Crippen molar-refractivity contribution in [2.75, 3.05) is 7.11 Å². The number of aromatic nitrogens is 2. The molecule has 2 heterocycles. The summed E-state index contributed by atoms with van der Waals surface area (Å²) in [5.74, 6) is 0.746. The van der Waals surface area contributed by atoms with Gasteiger partial charge in [0.1, 0.15) is 5.58 Å². The first-order chi connectivity index (χ1) is 12.4. The summed E-state index contributed by atoms with van der Waals surface area (Å²) in [6.45, 7) is 1.38. The number of methoxy groups -OCH3 is 1. The smallest absolute Gasteiger partial charge is 0.220 e. The van der Waals surface area contributed by atoms with Gasteiger partial charge in [-0.3, -0.25) is 0 Å². The standard InChI is InChI=1S/C20H19N3O2/c1-24-20-15(13-22-23(20)17-7-3-2-4-8-17)11-21-12-16-14-25-19-10-6-5-9-18(16)19/h2-10,13-14,21H,11-12H2,1H3. The molecule has 5 heteroatoms. The summed E-state index contributed by atoms with van der Waals surface area (Å²) < 4.78 is 13.0. The van der Waals surface area contributed by atoms with Crippen LogP contribution in [0.2, 0.25) is 0 Å². The highest BCUT2D eigenvalue weighted by Gasteiger charge is 2.13. The van der Waals surface area contributed by atoms with Crippen molar-refractivity contribution >= 4 is 11.0 Å². The second kappa shape index (κ2) is 6.83. The second-order valence-corrected chi connectivity index (χ2v) is 5.79. The monoisotopic (exact) mass is 333 g/mol. The summed E-state index contributed by atoms with van der Waals surface area (Å²) in [5, 5.41) is 9.04. The lowest BCUT2D eigenvalue weighted by molar-refractivity contribution is 0.378. The Morgan fingerprint density at radius 3 is 2.60 bits per heavy atom. The van der Waals surface area contributed by atoms with Gasteiger partial charge in [0.05, 0.1) is 25.3 Å². The third-order valence-electron chi connectivity index (χ3n) is 4.18. The van der Waals surface area contributed by atoms with E-state index in [1.54, 1.807) is 7.11 Å². The first kappa shape index (κ1) is 15.5. The van der Waals surface area contributed by atoms with Crippen molar-refractivity contribution in [1.29, 1.82) is 0 Å². The molecular weight excluding hydrogens is 314 g/mol.